The Morgan fingerprint density at radius 3 is 2.76 bits per heavy atom. The van der Waals surface area contributed by atoms with Crippen LogP contribution in [-0.4, -0.2) is 55.7 Å². The van der Waals surface area contributed by atoms with Gasteiger partial charge in [0.2, 0.25) is 5.91 Å². The van der Waals surface area contributed by atoms with Crippen LogP contribution in [0.4, 0.5) is 5.69 Å². The summed E-state index contributed by atoms with van der Waals surface area (Å²) in [4.78, 5) is 17.4. The second kappa shape index (κ2) is 7.22. The van der Waals surface area contributed by atoms with Crippen molar-refractivity contribution in [1.29, 1.82) is 0 Å². The van der Waals surface area contributed by atoms with Gasteiger partial charge < -0.3 is 14.5 Å². The first-order valence-corrected chi connectivity index (χ1v) is 9.15. The topological polar surface area (TPSA) is 56.8 Å². The Morgan fingerprint density at radius 1 is 1.32 bits per heavy atom. The van der Waals surface area contributed by atoms with Crippen LogP contribution < -0.4 is 20.5 Å². The molecule has 25 heavy (non-hydrogen) atoms. The molecule has 2 aliphatic heterocycles. The van der Waals surface area contributed by atoms with Crippen molar-refractivity contribution in [3.8, 4) is 5.75 Å². The predicted octanol–water partition coefficient (Wildman–Crippen LogP) is 1.63. The van der Waals surface area contributed by atoms with Crippen LogP contribution in [0.5, 0.6) is 5.75 Å². The molecule has 0 bridgehead atoms. The minimum absolute atomic E-state index is 0.0265. The highest BCUT2D eigenvalue weighted by Gasteiger charge is 2.41. The van der Waals surface area contributed by atoms with Gasteiger partial charge >= 0.3 is 0 Å². The van der Waals surface area contributed by atoms with Crippen LogP contribution in [0.15, 0.2) is 24.3 Å². The number of nitrogens with one attached hydrogen (secondary N) is 2. The summed E-state index contributed by atoms with van der Waals surface area (Å²) in [5.41, 5.74) is 7.31. The van der Waals surface area contributed by atoms with Crippen molar-refractivity contribution in [2.24, 2.45) is 5.92 Å². The van der Waals surface area contributed by atoms with Crippen LogP contribution >= 0.6 is 0 Å². The van der Waals surface area contributed by atoms with Gasteiger partial charge in [-0.25, -0.2) is 0 Å². The van der Waals surface area contributed by atoms with Crippen molar-refractivity contribution >= 4 is 11.6 Å². The van der Waals surface area contributed by atoms with Gasteiger partial charge in [0.15, 0.2) is 0 Å². The Bertz CT molecular complexity index is 619. The molecule has 2 N–H and O–H groups in total. The van der Waals surface area contributed by atoms with E-state index in [0.29, 0.717) is 6.54 Å². The summed E-state index contributed by atoms with van der Waals surface area (Å²) in [6, 6.07) is 8.33. The minimum atomic E-state index is -0.149. The third-order valence-electron chi connectivity index (χ3n) is 5.44. The van der Waals surface area contributed by atoms with Gasteiger partial charge in [0.05, 0.1) is 24.3 Å². The first-order chi connectivity index (χ1) is 12.0. The highest BCUT2D eigenvalue weighted by Crippen LogP contribution is 2.35. The van der Waals surface area contributed by atoms with Gasteiger partial charge in [0.1, 0.15) is 5.75 Å². The summed E-state index contributed by atoms with van der Waals surface area (Å²) in [5.74, 6) is 1.17. The van der Waals surface area contributed by atoms with Crippen molar-refractivity contribution in [3.63, 3.8) is 0 Å². The molecule has 2 atom stereocenters. The number of hydrazine groups is 1. The van der Waals surface area contributed by atoms with E-state index in [-0.39, 0.29) is 23.4 Å². The largest absolute Gasteiger partial charge is 0.495 e. The number of nitrogens with zero attached hydrogens (tertiary/aromatic N) is 2. The van der Waals surface area contributed by atoms with Crippen LogP contribution in [-0.2, 0) is 4.79 Å². The molecule has 6 nitrogen and oxygen atoms in total. The van der Waals surface area contributed by atoms with Crippen molar-refractivity contribution in [1.82, 2.24) is 15.8 Å². The maximum atomic E-state index is 13.0. The minimum Gasteiger partial charge on any atom is -0.495 e. The molecule has 0 aliphatic carbocycles. The van der Waals surface area contributed by atoms with Crippen LogP contribution in [0, 0.1) is 5.92 Å². The van der Waals surface area contributed by atoms with E-state index in [1.54, 1.807) is 7.11 Å². The number of piperazine rings is 1. The summed E-state index contributed by atoms with van der Waals surface area (Å²) in [6.45, 7) is 9.50. The van der Waals surface area contributed by atoms with E-state index in [4.69, 9.17) is 4.74 Å². The lowest BCUT2D eigenvalue weighted by Crippen LogP contribution is -2.62. The molecule has 2 fully saturated rings. The molecule has 1 aromatic rings. The predicted molar refractivity (Wildman–Crippen MR) is 99.7 cm³/mol. The zero-order valence-corrected chi connectivity index (χ0v) is 15.7. The highest BCUT2D eigenvalue weighted by molar-refractivity contribution is 5.81. The normalized spacial score (nSPS) is 25.9. The Kier molecular flexibility index (Phi) is 5.20. The Labute approximate surface area is 150 Å². The summed E-state index contributed by atoms with van der Waals surface area (Å²) in [7, 11) is 1.70. The average Bonchev–Trinajstić information content (AvgIpc) is 3.09. The van der Waals surface area contributed by atoms with Gasteiger partial charge in [-0.2, -0.15) is 0 Å². The first kappa shape index (κ1) is 18.0. The van der Waals surface area contributed by atoms with E-state index >= 15 is 0 Å². The SMILES string of the molecule is CCC1NNCC1C(=O)N1CCN(c2ccccc2OC)C(C)(C)C1. The molecule has 6 heteroatoms. The number of methoxy groups -OCH3 is 1. The van der Waals surface area contributed by atoms with Gasteiger partial charge in [-0.3, -0.25) is 15.6 Å². The lowest BCUT2D eigenvalue weighted by atomic mass is 9.93. The number of rotatable bonds is 4. The molecule has 2 unspecified atom stereocenters. The molecule has 0 spiro atoms. The molecule has 0 saturated carbocycles. The van der Waals surface area contributed by atoms with Gasteiger partial charge in [0.25, 0.3) is 0 Å². The lowest BCUT2D eigenvalue weighted by Gasteiger charge is -2.49. The van der Waals surface area contributed by atoms with Crippen LogP contribution in [0.1, 0.15) is 27.2 Å². The van der Waals surface area contributed by atoms with Crippen LogP contribution in [0.3, 0.4) is 0 Å². The third-order valence-corrected chi connectivity index (χ3v) is 5.44. The smallest absolute Gasteiger partial charge is 0.228 e. The quantitative estimate of drug-likeness (QED) is 0.868. The summed E-state index contributed by atoms with van der Waals surface area (Å²) in [6.07, 6.45) is 0.952. The number of anilines is 1. The van der Waals surface area contributed by atoms with E-state index in [1.807, 2.05) is 23.1 Å². The van der Waals surface area contributed by atoms with Gasteiger partial charge in [-0.15, -0.1) is 0 Å². The fourth-order valence-corrected chi connectivity index (χ4v) is 4.07. The molecule has 0 radical (unpaired) electrons. The summed E-state index contributed by atoms with van der Waals surface area (Å²) >= 11 is 0. The number of ether oxygens (including phenoxy) is 1. The zero-order valence-electron chi connectivity index (χ0n) is 15.7. The number of hydrogen-bond acceptors (Lipinski definition) is 5. The molecule has 2 aliphatic rings. The first-order valence-electron chi connectivity index (χ1n) is 9.15. The van der Waals surface area contributed by atoms with Gasteiger partial charge in [-0.05, 0) is 32.4 Å². The number of carbonyl (C=O) groups excluding carboxylic acids is 1. The lowest BCUT2D eigenvalue weighted by molar-refractivity contribution is -0.137. The van der Waals surface area contributed by atoms with Gasteiger partial charge in [0, 0.05) is 32.2 Å². The molecule has 2 heterocycles. The molecule has 1 aromatic carbocycles. The summed E-state index contributed by atoms with van der Waals surface area (Å²) < 4.78 is 5.54. The van der Waals surface area contributed by atoms with E-state index in [2.05, 4.69) is 42.6 Å². The molecule has 0 aromatic heterocycles. The van der Waals surface area contributed by atoms with E-state index < -0.39 is 0 Å². The Hall–Kier alpha value is -1.79. The second-order valence-corrected chi connectivity index (χ2v) is 7.54. The van der Waals surface area contributed by atoms with Crippen LogP contribution in [0.25, 0.3) is 0 Å². The number of amides is 1. The molecular weight excluding hydrogens is 316 g/mol. The number of benzene rings is 1. The fourth-order valence-electron chi connectivity index (χ4n) is 4.07. The highest BCUT2D eigenvalue weighted by atomic mass is 16.5. The number of hydrogen-bond donors (Lipinski definition) is 2. The van der Waals surface area contributed by atoms with Crippen molar-refractivity contribution in [2.75, 3.05) is 38.2 Å². The fraction of sp³-hybridized carbons (Fsp3) is 0.632. The molecule has 1 amide bonds. The Morgan fingerprint density at radius 2 is 2.08 bits per heavy atom. The monoisotopic (exact) mass is 346 g/mol. The van der Waals surface area contributed by atoms with Crippen molar-refractivity contribution < 1.29 is 9.53 Å². The summed E-state index contributed by atoms with van der Waals surface area (Å²) in [5, 5.41) is 0. The van der Waals surface area contributed by atoms with Crippen LogP contribution in [0.2, 0.25) is 0 Å². The molecule has 3 rings (SSSR count). The average molecular weight is 346 g/mol. The maximum absolute atomic E-state index is 13.0. The molecule has 138 valence electrons. The van der Waals surface area contributed by atoms with Gasteiger partial charge in [-0.1, -0.05) is 19.1 Å². The number of carbonyl (C=O) groups is 1. The third kappa shape index (κ3) is 3.46. The van der Waals surface area contributed by atoms with E-state index in [1.165, 1.54) is 0 Å². The maximum Gasteiger partial charge on any atom is 0.228 e. The second-order valence-electron chi connectivity index (χ2n) is 7.54. The van der Waals surface area contributed by atoms with E-state index in [0.717, 1.165) is 37.5 Å². The molecule has 2 saturated heterocycles. The van der Waals surface area contributed by atoms with E-state index in [9.17, 15) is 4.79 Å². The standard InChI is InChI=1S/C19H30N4O2/c1-5-15-14(12-20-21-15)18(24)22-10-11-23(19(2,3)13-22)16-8-6-7-9-17(16)25-4/h6-9,14-15,20-21H,5,10-13H2,1-4H3. The van der Waals surface area contributed by atoms with Crippen molar-refractivity contribution in [3.05, 3.63) is 24.3 Å². The zero-order chi connectivity index (χ0) is 18.0. The Balaban J connectivity index is 1.75. The molecular formula is C19H30N4O2. The van der Waals surface area contributed by atoms with Crippen molar-refractivity contribution in [2.45, 2.75) is 38.8 Å². The number of para-hydroxylation sites is 2.